The summed E-state index contributed by atoms with van der Waals surface area (Å²) in [5.41, 5.74) is 2.40. The van der Waals surface area contributed by atoms with Gasteiger partial charge in [-0.2, -0.15) is 0 Å². The van der Waals surface area contributed by atoms with Gasteiger partial charge in [-0.3, -0.25) is 9.78 Å². The van der Waals surface area contributed by atoms with Crippen LogP contribution < -0.4 is 4.90 Å². The molecule has 3 heterocycles. The average Bonchev–Trinajstić information content (AvgIpc) is 3.19. The number of anilines is 1. The monoisotopic (exact) mass is 428 g/mol. The minimum atomic E-state index is -3.26. The van der Waals surface area contributed by atoms with E-state index < -0.39 is 9.84 Å². The molecule has 150 valence electrons. The summed E-state index contributed by atoms with van der Waals surface area (Å²) >= 11 is 1.46. The second-order valence-electron chi connectivity index (χ2n) is 6.79. The Morgan fingerprint density at radius 3 is 2.34 bits per heavy atom. The lowest BCUT2D eigenvalue weighted by Crippen LogP contribution is -2.35. The third-order valence-corrected chi connectivity index (χ3v) is 7.09. The van der Waals surface area contributed by atoms with Crippen molar-refractivity contribution in [1.29, 1.82) is 0 Å². The highest BCUT2D eigenvalue weighted by Crippen LogP contribution is 2.40. The van der Waals surface area contributed by atoms with Crippen LogP contribution >= 0.6 is 11.3 Å². The number of carbonyl (C=O) groups is 1. The SMILES string of the molecule is CS(=O)(=O)c1ccc(-c2cc(C(=O)c3ccncc3)sc2N2CCOCC2)cc1. The number of carbonyl (C=O) groups excluding carboxylic acids is 1. The lowest BCUT2D eigenvalue weighted by Gasteiger charge is -2.28. The molecule has 6 nitrogen and oxygen atoms in total. The van der Waals surface area contributed by atoms with Gasteiger partial charge in [-0.25, -0.2) is 8.42 Å². The quantitative estimate of drug-likeness (QED) is 0.581. The number of morpholine rings is 1. The van der Waals surface area contributed by atoms with Crippen LogP contribution in [-0.2, 0) is 14.6 Å². The third kappa shape index (κ3) is 4.24. The van der Waals surface area contributed by atoms with E-state index in [2.05, 4.69) is 9.88 Å². The minimum Gasteiger partial charge on any atom is -0.378 e. The summed E-state index contributed by atoms with van der Waals surface area (Å²) in [6.07, 6.45) is 4.40. The number of ketones is 1. The molecule has 1 saturated heterocycles. The van der Waals surface area contributed by atoms with E-state index in [1.165, 1.54) is 17.6 Å². The molecule has 0 radical (unpaired) electrons. The van der Waals surface area contributed by atoms with Crippen molar-refractivity contribution in [2.24, 2.45) is 0 Å². The number of ether oxygens (including phenoxy) is 1. The first kappa shape index (κ1) is 19.8. The molecule has 8 heteroatoms. The lowest BCUT2D eigenvalue weighted by molar-refractivity contribution is 0.104. The van der Waals surface area contributed by atoms with Crippen LogP contribution in [0.5, 0.6) is 0 Å². The van der Waals surface area contributed by atoms with Crippen molar-refractivity contribution in [3.63, 3.8) is 0 Å². The first-order chi connectivity index (χ1) is 13.9. The van der Waals surface area contributed by atoms with Crippen LogP contribution in [0.3, 0.4) is 0 Å². The number of aromatic nitrogens is 1. The van der Waals surface area contributed by atoms with E-state index in [0.717, 1.165) is 29.2 Å². The molecule has 0 saturated carbocycles. The second kappa shape index (κ2) is 8.06. The van der Waals surface area contributed by atoms with Gasteiger partial charge in [0.2, 0.25) is 5.78 Å². The van der Waals surface area contributed by atoms with Gasteiger partial charge in [0.15, 0.2) is 9.84 Å². The van der Waals surface area contributed by atoms with Crippen LogP contribution in [0, 0.1) is 0 Å². The number of benzene rings is 1. The van der Waals surface area contributed by atoms with Crippen molar-refractivity contribution in [2.75, 3.05) is 37.5 Å². The van der Waals surface area contributed by atoms with Gasteiger partial charge in [-0.15, -0.1) is 11.3 Å². The molecule has 0 amide bonds. The zero-order valence-electron chi connectivity index (χ0n) is 15.9. The van der Waals surface area contributed by atoms with Gasteiger partial charge in [0.05, 0.1) is 28.0 Å². The van der Waals surface area contributed by atoms with E-state index in [0.29, 0.717) is 23.7 Å². The van der Waals surface area contributed by atoms with Crippen molar-refractivity contribution >= 4 is 32.0 Å². The Balaban J connectivity index is 1.77. The number of thiophene rings is 1. The largest absolute Gasteiger partial charge is 0.378 e. The predicted molar refractivity (Wildman–Crippen MR) is 114 cm³/mol. The first-order valence-electron chi connectivity index (χ1n) is 9.15. The number of rotatable bonds is 5. The van der Waals surface area contributed by atoms with E-state index in [-0.39, 0.29) is 10.7 Å². The molecule has 0 atom stereocenters. The van der Waals surface area contributed by atoms with E-state index in [1.54, 1.807) is 48.8 Å². The minimum absolute atomic E-state index is 0.0501. The first-order valence-corrected chi connectivity index (χ1v) is 11.9. The summed E-state index contributed by atoms with van der Waals surface area (Å²) < 4.78 is 29.0. The molecule has 0 spiro atoms. The number of hydrogen-bond donors (Lipinski definition) is 0. The highest BCUT2D eigenvalue weighted by molar-refractivity contribution is 7.90. The molecule has 0 bridgehead atoms. The van der Waals surface area contributed by atoms with Crippen molar-refractivity contribution < 1.29 is 17.9 Å². The van der Waals surface area contributed by atoms with Crippen LogP contribution in [0.4, 0.5) is 5.00 Å². The molecule has 0 N–H and O–H groups in total. The van der Waals surface area contributed by atoms with Gasteiger partial charge < -0.3 is 9.64 Å². The Morgan fingerprint density at radius 2 is 1.72 bits per heavy atom. The number of pyridine rings is 1. The van der Waals surface area contributed by atoms with Crippen LogP contribution in [0.2, 0.25) is 0 Å². The molecule has 1 fully saturated rings. The summed E-state index contributed by atoms with van der Waals surface area (Å²) in [5.74, 6) is -0.0501. The topological polar surface area (TPSA) is 76.6 Å². The van der Waals surface area contributed by atoms with Crippen LogP contribution in [-0.4, -0.2) is 51.7 Å². The highest BCUT2D eigenvalue weighted by atomic mass is 32.2. The van der Waals surface area contributed by atoms with Gasteiger partial charge in [-0.05, 0) is 35.9 Å². The third-order valence-electron chi connectivity index (χ3n) is 4.77. The molecule has 4 rings (SSSR count). The van der Waals surface area contributed by atoms with Crippen molar-refractivity contribution in [2.45, 2.75) is 4.90 Å². The molecule has 1 aliphatic heterocycles. The van der Waals surface area contributed by atoms with E-state index in [4.69, 9.17) is 4.74 Å². The van der Waals surface area contributed by atoms with Crippen molar-refractivity contribution in [3.05, 3.63) is 65.3 Å². The summed E-state index contributed by atoms with van der Waals surface area (Å²) in [7, 11) is -3.26. The van der Waals surface area contributed by atoms with Crippen molar-refractivity contribution in [1.82, 2.24) is 4.98 Å². The predicted octanol–water partition coefficient (Wildman–Crippen LogP) is 3.28. The van der Waals surface area contributed by atoms with Crippen LogP contribution in [0.25, 0.3) is 11.1 Å². The molecule has 3 aromatic rings. The van der Waals surface area contributed by atoms with Gasteiger partial charge in [0.1, 0.15) is 0 Å². The fourth-order valence-electron chi connectivity index (χ4n) is 3.23. The van der Waals surface area contributed by atoms with E-state index in [1.807, 2.05) is 6.07 Å². The highest BCUT2D eigenvalue weighted by Gasteiger charge is 2.23. The fourth-order valence-corrected chi connectivity index (χ4v) is 5.05. The average molecular weight is 429 g/mol. The Morgan fingerprint density at radius 1 is 1.07 bits per heavy atom. The molecule has 1 aliphatic rings. The molecule has 0 unspecified atom stereocenters. The number of sulfone groups is 1. The fraction of sp³-hybridized carbons (Fsp3) is 0.238. The second-order valence-corrected chi connectivity index (χ2v) is 9.84. The maximum atomic E-state index is 13.0. The van der Waals surface area contributed by atoms with Gasteiger partial charge in [0, 0.05) is 42.9 Å². The molecular weight excluding hydrogens is 408 g/mol. The Labute approximate surface area is 173 Å². The smallest absolute Gasteiger partial charge is 0.203 e. The Bertz CT molecular complexity index is 1120. The summed E-state index contributed by atoms with van der Waals surface area (Å²) in [5, 5.41) is 0.998. The number of nitrogens with zero attached hydrogens (tertiary/aromatic N) is 2. The van der Waals surface area contributed by atoms with Crippen LogP contribution in [0.15, 0.2) is 59.8 Å². The summed E-state index contributed by atoms with van der Waals surface area (Å²) in [6.45, 7) is 2.77. The van der Waals surface area contributed by atoms with Crippen LogP contribution in [0.1, 0.15) is 15.2 Å². The van der Waals surface area contributed by atoms with Gasteiger partial charge >= 0.3 is 0 Å². The standard InChI is InChI=1S/C21H20N2O4S2/c1-29(25,26)17-4-2-15(3-5-17)18-14-19(20(24)16-6-8-22-9-7-16)28-21(18)23-10-12-27-13-11-23/h2-9,14H,10-13H2,1H3. The number of hydrogen-bond acceptors (Lipinski definition) is 7. The summed E-state index contributed by atoms with van der Waals surface area (Å²) in [6, 6.07) is 12.1. The van der Waals surface area contributed by atoms with Gasteiger partial charge in [0.25, 0.3) is 0 Å². The molecule has 2 aromatic heterocycles. The Kier molecular flexibility index (Phi) is 5.49. The van der Waals surface area contributed by atoms with E-state index in [9.17, 15) is 13.2 Å². The zero-order chi connectivity index (χ0) is 20.4. The van der Waals surface area contributed by atoms with Gasteiger partial charge in [-0.1, -0.05) is 12.1 Å². The lowest BCUT2D eigenvalue weighted by atomic mass is 10.1. The Hall–Kier alpha value is -2.55. The molecular formula is C21H20N2O4S2. The summed E-state index contributed by atoms with van der Waals surface area (Å²) in [4.78, 5) is 20.1. The molecule has 29 heavy (non-hydrogen) atoms. The molecule has 1 aromatic carbocycles. The van der Waals surface area contributed by atoms with Crippen molar-refractivity contribution in [3.8, 4) is 11.1 Å². The maximum absolute atomic E-state index is 13.0. The van der Waals surface area contributed by atoms with E-state index >= 15 is 0 Å². The normalized spacial score (nSPS) is 14.7. The maximum Gasteiger partial charge on any atom is 0.203 e. The zero-order valence-corrected chi connectivity index (χ0v) is 17.5. The molecule has 0 aliphatic carbocycles.